The lowest BCUT2D eigenvalue weighted by Gasteiger charge is -2.09. The molecule has 0 fully saturated rings. The van der Waals surface area contributed by atoms with Crippen molar-refractivity contribution in [1.29, 1.82) is 0 Å². The van der Waals surface area contributed by atoms with Crippen molar-refractivity contribution in [1.82, 2.24) is 9.88 Å². The summed E-state index contributed by atoms with van der Waals surface area (Å²) < 4.78 is 6.46. The number of pyridine rings is 1. The minimum absolute atomic E-state index is 0.0573. The first kappa shape index (κ1) is 15.4. The largest absolute Gasteiger partial charge is 0.383 e. The molecule has 1 rings (SSSR count). The van der Waals surface area contributed by atoms with Gasteiger partial charge in [0.2, 0.25) is 5.91 Å². The molecule has 2 N–H and O–H groups in total. The molecule has 1 aromatic heterocycles. The van der Waals surface area contributed by atoms with E-state index in [-0.39, 0.29) is 18.0 Å². The number of methoxy groups -OCH3 is 1. The molecule has 0 unspecified atom stereocenters. The SMILES string of the molecule is CCCn1cc(NC(=O)CNCCOC)ccc1=O. The fraction of sp³-hybridized carbons (Fsp3) is 0.538. The monoisotopic (exact) mass is 267 g/mol. The molecule has 0 aliphatic heterocycles. The van der Waals surface area contributed by atoms with Crippen LogP contribution in [0.2, 0.25) is 0 Å². The number of amides is 1. The molecular formula is C13H21N3O3. The van der Waals surface area contributed by atoms with Gasteiger partial charge in [-0.1, -0.05) is 6.92 Å². The van der Waals surface area contributed by atoms with Crippen molar-refractivity contribution in [3.05, 3.63) is 28.7 Å². The predicted octanol–water partition coefficient (Wildman–Crippen LogP) is 0.433. The molecule has 0 aromatic carbocycles. The molecule has 0 aliphatic rings. The highest BCUT2D eigenvalue weighted by Gasteiger charge is 2.03. The van der Waals surface area contributed by atoms with Gasteiger partial charge in [-0.2, -0.15) is 0 Å². The van der Waals surface area contributed by atoms with E-state index in [0.29, 0.717) is 25.4 Å². The Morgan fingerprint density at radius 3 is 2.89 bits per heavy atom. The molecule has 0 aliphatic carbocycles. The Hall–Kier alpha value is -1.66. The van der Waals surface area contributed by atoms with Crippen molar-refractivity contribution in [3.63, 3.8) is 0 Å². The molecule has 1 aromatic rings. The van der Waals surface area contributed by atoms with Crippen LogP contribution in [0.5, 0.6) is 0 Å². The second-order valence-electron chi connectivity index (χ2n) is 4.17. The molecular weight excluding hydrogens is 246 g/mol. The van der Waals surface area contributed by atoms with E-state index in [1.807, 2.05) is 6.92 Å². The van der Waals surface area contributed by atoms with Gasteiger partial charge < -0.3 is 19.9 Å². The number of nitrogens with one attached hydrogen (secondary N) is 2. The van der Waals surface area contributed by atoms with E-state index in [2.05, 4.69) is 10.6 Å². The summed E-state index contributed by atoms with van der Waals surface area (Å²) in [4.78, 5) is 23.1. The lowest BCUT2D eigenvalue weighted by molar-refractivity contribution is -0.115. The van der Waals surface area contributed by atoms with Crippen LogP contribution in [0.3, 0.4) is 0 Å². The maximum absolute atomic E-state index is 11.6. The van der Waals surface area contributed by atoms with Crippen molar-refractivity contribution in [2.24, 2.45) is 0 Å². The zero-order valence-electron chi connectivity index (χ0n) is 11.4. The lowest BCUT2D eigenvalue weighted by atomic mass is 10.3. The zero-order valence-corrected chi connectivity index (χ0v) is 11.4. The number of aromatic nitrogens is 1. The number of hydrogen-bond donors (Lipinski definition) is 2. The minimum atomic E-state index is -0.141. The summed E-state index contributed by atoms with van der Waals surface area (Å²) in [5.74, 6) is -0.141. The van der Waals surface area contributed by atoms with Gasteiger partial charge in [-0.05, 0) is 12.5 Å². The van der Waals surface area contributed by atoms with Gasteiger partial charge in [0.25, 0.3) is 5.56 Å². The second kappa shape index (κ2) is 8.44. The average molecular weight is 267 g/mol. The van der Waals surface area contributed by atoms with E-state index in [0.717, 1.165) is 6.42 Å². The first-order chi connectivity index (χ1) is 9.17. The first-order valence-corrected chi connectivity index (χ1v) is 6.37. The van der Waals surface area contributed by atoms with E-state index >= 15 is 0 Å². The van der Waals surface area contributed by atoms with Gasteiger partial charge in [0.1, 0.15) is 0 Å². The molecule has 0 saturated heterocycles. The highest BCUT2D eigenvalue weighted by Crippen LogP contribution is 2.03. The van der Waals surface area contributed by atoms with Crippen LogP contribution in [-0.4, -0.2) is 37.3 Å². The normalized spacial score (nSPS) is 10.4. The van der Waals surface area contributed by atoms with E-state index in [1.54, 1.807) is 23.9 Å². The Bertz CT molecular complexity index is 457. The quantitative estimate of drug-likeness (QED) is 0.670. The third kappa shape index (κ3) is 5.67. The molecule has 6 nitrogen and oxygen atoms in total. The molecule has 0 bridgehead atoms. The van der Waals surface area contributed by atoms with Crippen LogP contribution in [0.1, 0.15) is 13.3 Å². The van der Waals surface area contributed by atoms with Crippen LogP contribution in [-0.2, 0) is 16.1 Å². The lowest BCUT2D eigenvalue weighted by Crippen LogP contribution is -2.30. The summed E-state index contributed by atoms with van der Waals surface area (Å²) in [5, 5.41) is 5.69. The fourth-order valence-corrected chi connectivity index (χ4v) is 1.60. The van der Waals surface area contributed by atoms with E-state index in [1.165, 1.54) is 6.07 Å². The Labute approximate surface area is 112 Å². The summed E-state index contributed by atoms with van der Waals surface area (Å²) in [6, 6.07) is 3.07. The predicted molar refractivity (Wildman–Crippen MR) is 74.4 cm³/mol. The number of anilines is 1. The van der Waals surface area contributed by atoms with Gasteiger partial charge in [0.05, 0.1) is 18.8 Å². The number of carbonyl (C=O) groups is 1. The summed E-state index contributed by atoms with van der Waals surface area (Å²) in [5.41, 5.74) is 0.574. The minimum Gasteiger partial charge on any atom is -0.383 e. The van der Waals surface area contributed by atoms with Crippen LogP contribution in [0.15, 0.2) is 23.1 Å². The van der Waals surface area contributed by atoms with Gasteiger partial charge in [-0.15, -0.1) is 0 Å². The number of nitrogens with zero attached hydrogens (tertiary/aromatic N) is 1. The molecule has 0 spiro atoms. The molecule has 19 heavy (non-hydrogen) atoms. The van der Waals surface area contributed by atoms with Gasteiger partial charge in [-0.3, -0.25) is 9.59 Å². The van der Waals surface area contributed by atoms with Crippen molar-refractivity contribution < 1.29 is 9.53 Å². The molecule has 1 amide bonds. The number of aryl methyl sites for hydroxylation is 1. The van der Waals surface area contributed by atoms with Crippen LogP contribution in [0, 0.1) is 0 Å². The van der Waals surface area contributed by atoms with E-state index < -0.39 is 0 Å². The highest BCUT2D eigenvalue weighted by atomic mass is 16.5. The molecule has 106 valence electrons. The molecule has 0 atom stereocenters. The number of carbonyl (C=O) groups excluding carboxylic acids is 1. The maximum atomic E-state index is 11.6. The maximum Gasteiger partial charge on any atom is 0.250 e. The molecule has 6 heteroatoms. The van der Waals surface area contributed by atoms with Crippen LogP contribution in [0.25, 0.3) is 0 Å². The van der Waals surface area contributed by atoms with Crippen molar-refractivity contribution in [3.8, 4) is 0 Å². The van der Waals surface area contributed by atoms with Crippen molar-refractivity contribution in [2.45, 2.75) is 19.9 Å². The highest BCUT2D eigenvalue weighted by molar-refractivity contribution is 5.92. The smallest absolute Gasteiger partial charge is 0.250 e. The third-order valence-electron chi connectivity index (χ3n) is 2.50. The fourth-order valence-electron chi connectivity index (χ4n) is 1.60. The Kier molecular flexibility index (Phi) is 6.84. The zero-order chi connectivity index (χ0) is 14.1. The van der Waals surface area contributed by atoms with Gasteiger partial charge in [0.15, 0.2) is 0 Å². The molecule has 1 heterocycles. The standard InChI is InChI=1S/C13H21N3O3/c1-3-7-16-10-11(4-5-13(16)18)15-12(17)9-14-6-8-19-2/h4-5,10,14H,3,6-9H2,1-2H3,(H,15,17). The van der Waals surface area contributed by atoms with E-state index in [9.17, 15) is 9.59 Å². The number of rotatable bonds is 8. The van der Waals surface area contributed by atoms with E-state index in [4.69, 9.17) is 4.74 Å². The summed E-state index contributed by atoms with van der Waals surface area (Å²) in [6.45, 7) is 4.05. The number of hydrogen-bond acceptors (Lipinski definition) is 4. The number of ether oxygens (including phenoxy) is 1. The molecule has 0 saturated carbocycles. The van der Waals surface area contributed by atoms with Gasteiger partial charge in [0, 0.05) is 32.5 Å². The van der Waals surface area contributed by atoms with Gasteiger partial charge in [-0.25, -0.2) is 0 Å². The van der Waals surface area contributed by atoms with Crippen molar-refractivity contribution >= 4 is 11.6 Å². The average Bonchev–Trinajstić information content (AvgIpc) is 2.39. The van der Waals surface area contributed by atoms with Gasteiger partial charge >= 0.3 is 0 Å². The Balaban J connectivity index is 2.50. The topological polar surface area (TPSA) is 72.4 Å². The summed E-state index contributed by atoms with van der Waals surface area (Å²) in [6.07, 6.45) is 2.54. The summed E-state index contributed by atoms with van der Waals surface area (Å²) >= 11 is 0. The van der Waals surface area contributed by atoms with Crippen LogP contribution < -0.4 is 16.2 Å². The summed E-state index contributed by atoms with van der Waals surface area (Å²) in [7, 11) is 1.61. The molecule has 0 radical (unpaired) electrons. The van der Waals surface area contributed by atoms with Crippen molar-refractivity contribution in [2.75, 3.05) is 32.1 Å². The van der Waals surface area contributed by atoms with Crippen LogP contribution in [0.4, 0.5) is 5.69 Å². The second-order valence-corrected chi connectivity index (χ2v) is 4.17. The third-order valence-corrected chi connectivity index (χ3v) is 2.50. The Morgan fingerprint density at radius 1 is 1.42 bits per heavy atom. The van der Waals surface area contributed by atoms with Crippen LogP contribution >= 0.6 is 0 Å². The first-order valence-electron chi connectivity index (χ1n) is 6.37. The Morgan fingerprint density at radius 2 is 2.21 bits per heavy atom.